The van der Waals surface area contributed by atoms with Crippen molar-refractivity contribution in [3.63, 3.8) is 0 Å². The van der Waals surface area contributed by atoms with Gasteiger partial charge in [-0.15, -0.1) is 12.4 Å². The highest BCUT2D eigenvalue weighted by Crippen LogP contribution is 2.17. The summed E-state index contributed by atoms with van der Waals surface area (Å²) in [6.45, 7) is 0.357. The molecule has 5 nitrogen and oxygen atoms in total. The highest BCUT2D eigenvalue weighted by atomic mass is 35.5. The van der Waals surface area contributed by atoms with E-state index in [-0.39, 0.29) is 23.8 Å². The van der Waals surface area contributed by atoms with Crippen molar-refractivity contribution in [3.8, 4) is 0 Å². The van der Waals surface area contributed by atoms with E-state index >= 15 is 0 Å². The van der Waals surface area contributed by atoms with Crippen LogP contribution in [0.5, 0.6) is 0 Å². The number of hydrogen-bond donors (Lipinski definition) is 4. The molecule has 2 rings (SSSR count). The van der Waals surface area contributed by atoms with Gasteiger partial charge in [0.05, 0.1) is 11.3 Å². The molecule has 0 aliphatic rings. The summed E-state index contributed by atoms with van der Waals surface area (Å²) in [7, 11) is 0. The average molecular weight is 324 g/mol. The van der Waals surface area contributed by atoms with Crippen molar-refractivity contribution in [1.29, 1.82) is 5.41 Å². The number of rotatable bonds is 5. The Balaban J connectivity index is 0.00000242. The van der Waals surface area contributed by atoms with Crippen molar-refractivity contribution < 1.29 is 14.3 Å². The highest BCUT2D eigenvalue weighted by molar-refractivity contribution is 5.95. The third-order valence-corrected chi connectivity index (χ3v) is 2.96. The summed E-state index contributed by atoms with van der Waals surface area (Å²) in [5.74, 6) is -1.67. The molecular formula is C15H15ClFN3O2. The Bertz CT molecular complexity index is 690. The molecule has 0 saturated heterocycles. The minimum Gasteiger partial charge on any atom is -0.478 e. The SMILES string of the molecule is Cl.N=C(N)c1ccc(NCc2ccc(C(=O)O)cc2)c(F)c1. The number of carboxylic acid groups (broad SMARTS) is 1. The quantitative estimate of drug-likeness (QED) is 0.502. The first-order valence-corrected chi connectivity index (χ1v) is 6.17. The molecule has 0 aliphatic heterocycles. The maximum atomic E-state index is 13.8. The predicted octanol–water partition coefficient (Wildman–Crippen LogP) is 2.84. The summed E-state index contributed by atoms with van der Waals surface area (Å²) in [6, 6.07) is 10.6. The first-order chi connectivity index (χ1) is 9.97. The van der Waals surface area contributed by atoms with Gasteiger partial charge in [-0.3, -0.25) is 5.41 Å². The molecule has 0 amide bonds. The molecule has 2 aromatic rings. The second-order valence-electron chi connectivity index (χ2n) is 4.46. The van der Waals surface area contributed by atoms with E-state index in [9.17, 15) is 9.18 Å². The zero-order chi connectivity index (χ0) is 15.4. The van der Waals surface area contributed by atoms with E-state index in [1.807, 2.05) is 0 Å². The van der Waals surface area contributed by atoms with Gasteiger partial charge in [-0.05, 0) is 35.9 Å². The normalized spacial score (nSPS) is 9.68. The van der Waals surface area contributed by atoms with Crippen LogP contribution in [0.15, 0.2) is 42.5 Å². The van der Waals surface area contributed by atoms with Crippen molar-refractivity contribution in [2.24, 2.45) is 5.73 Å². The summed E-state index contributed by atoms with van der Waals surface area (Å²) in [4.78, 5) is 10.7. The highest BCUT2D eigenvalue weighted by Gasteiger charge is 2.06. The largest absolute Gasteiger partial charge is 0.478 e. The number of amidine groups is 1. The Morgan fingerprint density at radius 1 is 1.18 bits per heavy atom. The summed E-state index contributed by atoms with van der Waals surface area (Å²) >= 11 is 0. The number of benzene rings is 2. The zero-order valence-electron chi connectivity index (χ0n) is 11.5. The van der Waals surface area contributed by atoms with E-state index in [2.05, 4.69) is 5.32 Å². The lowest BCUT2D eigenvalue weighted by Crippen LogP contribution is -2.11. The maximum absolute atomic E-state index is 13.8. The molecule has 5 N–H and O–H groups in total. The summed E-state index contributed by atoms with van der Waals surface area (Å²) in [5, 5.41) is 18.9. The van der Waals surface area contributed by atoms with Crippen LogP contribution in [-0.2, 0) is 6.54 Å². The van der Waals surface area contributed by atoms with Crippen molar-refractivity contribution in [3.05, 3.63) is 65.0 Å². The summed E-state index contributed by atoms with van der Waals surface area (Å²) < 4.78 is 13.8. The maximum Gasteiger partial charge on any atom is 0.335 e. The molecule has 0 aromatic heterocycles. The number of nitrogen functional groups attached to an aromatic ring is 1. The number of hydrogen-bond acceptors (Lipinski definition) is 3. The van der Waals surface area contributed by atoms with Gasteiger partial charge in [-0.2, -0.15) is 0 Å². The number of carboxylic acids is 1. The van der Waals surface area contributed by atoms with Gasteiger partial charge < -0.3 is 16.2 Å². The topological polar surface area (TPSA) is 99.2 Å². The standard InChI is InChI=1S/C15H14FN3O2.ClH/c16-12-7-11(14(17)18)5-6-13(12)19-8-9-1-3-10(4-2-9)15(20)21;/h1-7,19H,8H2,(H3,17,18)(H,20,21);1H. The van der Waals surface area contributed by atoms with Crippen LogP contribution in [-0.4, -0.2) is 16.9 Å². The van der Waals surface area contributed by atoms with Crippen LogP contribution in [0.3, 0.4) is 0 Å². The van der Waals surface area contributed by atoms with Crippen LogP contribution in [0.2, 0.25) is 0 Å². The Labute approximate surface area is 132 Å². The van der Waals surface area contributed by atoms with Gasteiger partial charge in [0.2, 0.25) is 0 Å². The van der Waals surface area contributed by atoms with E-state index in [1.165, 1.54) is 24.3 Å². The Morgan fingerprint density at radius 3 is 2.27 bits per heavy atom. The van der Waals surface area contributed by atoms with Gasteiger partial charge in [0, 0.05) is 12.1 Å². The molecule has 22 heavy (non-hydrogen) atoms. The molecule has 0 aliphatic carbocycles. The predicted molar refractivity (Wildman–Crippen MR) is 85.4 cm³/mol. The number of halogens is 2. The molecule has 0 fully saturated rings. The number of aromatic carboxylic acids is 1. The third kappa shape index (κ3) is 4.20. The summed E-state index contributed by atoms with van der Waals surface area (Å²) in [6.07, 6.45) is 0. The van der Waals surface area contributed by atoms with Crippen molar-refractivity contribution >= 4 is 29.9 Å². The van der Waals surface area contributed by atoms with Gasteiger partial charge in [0.1, 0.15) is 11.7 Å². The molecule has 0 unspecified atom stereocenters. The third-order valence-electron chi connectivity index (χ3n) is 2.96. The molecule has 116 valence electrons. The summed E-state index contributed by atoms with van der Waals surface area (Å²) in [5.41, 5.74) is 6.93. The van der Waals surface area contributed by atoms with Crippen LogP contribution in [0.25, 0.3) is 0 Å². The zero-order valence-corrected chi connectivity index (χ0v) is 12.3. The van der Waals surface area contributed by atoms with Crippen molar-refractivity contribution in [2.45, 2.75) is 6.54 Å². The van der Waals surface area contributed by atoms with Gasteiger partial charge in [-0.1, -0.05) is 12.1 Å². The van der Waals surface area contributed by atoms with E-state index < -0.39 is 11.8 Å². The lowest BCUT2D eigenvalue weighted by atomic mass is 10.1. The molecule has 0 heterocycles. The first-order valence-electron chi connectivity index (χ1n) is 6.17. The molecule has 0 bridgehead atoms. The Hall–Kier alpha value is -2.60. The lowest BCUT2D eigenvalue weighted by Gasteiger charge is -2.09. The second kappa shape index (κ2) is 7.42. The molecule has 7 heteroatoms. The molecule has 0 radical (unpaired) electrons. The minimum absolute atomic E-state index is 0. The van der Waals surface area contributed by atoms with E-state index in [4.69, 9.17) is 16.2 Å². The van der Waals surface area contributed by atoms with E-state index in [0.717, 1.165) is 5.56 Å². The molecular weight excluding hydrogens is 309 g/mol. The van der Waals surface area contributed by atoms with Crippen LogP contribution >= 0.6 is 12.4 Å². The Kier molecular flexibility index (Phi) is 5.89. The van der Waals surface area contributed by atoms with Gasteiger partial charge >= 0.3 is 5.97 Å². The van der Waals surface area contributed by atoms with E-state index in [0.29, 0.717) is 17.8 Å². The van der Waals surface area contributed by atoms with Gasteiger partial charge in [-0.25, -0.2) is 9.18 Å². The van der Waals surface area contributed by atoms with Crippen LogP contribution in [0.1, 0.15) is 21.5 Å². The van der Waals surface area contributed by atoms with Crippen molar-refractivity contribution in [2.75, 3.05) is 5.32 Å². The van der Waals surface area contributed by atoms with Gasteiger partial charge in [0.15, 0.2) is 0 Å². The number of anilines is 1. The molecule has 0 atom stereocenters. The van der Waals surface area contributed by atoms with Crippen LogP contribution < -0.4 is 11.1 Å². The smallest absolute Gasteiger partial charge is 0.335 e. The molecule has 2 aromatic carbocycles. The van der Waals surface area contributed by atoms with Crippen LogP contribution in [0, 0.1) is 11.2 Å². The number of nitrogens with one attached hydrogen (secondary N) is 2. The van der Waals surface area contributed by atoms with Gasteiger partial charge in [0.25, 0.3) is 0 Å². The monoisotopic (exact) mass is 323 g/mol. The lowest BCUT2D eigenvalue weighted by molar-refractivity contribution is 0.0697. The fraction of sp³-hybridized carbons (Fsp3) is 0.0667. The minimum atomic E-state index is -0.986. The molecule has 0 spiro atoms. The first kappa shape index (κ1) is 17.5. The van der Waals surface area contributed by atoms with E-state index in [1.54, 1.807) is 18.2 Å². The fourth-order valence-electron chi connectivity index (χ4n) is 1.79. The fourth-order valence-corrected chi connectivity index (χ4v) is 1.79. The second-order valence-corrected chi connectivity index (χ2v) is 4.46. The average Bonchev–Trinajstić information content (AvgIpc) is 2.46. The van der Waals surface area contributed by atoms with Crippen LogP contribution in [0.4, 0.5) is 10.1 Å². The number of carbonyl (C=O) groups is 1. The van der Waals surface area contributed by atoms with Crippen molar-refractivity contribution in [1.82, 2.24) is 0 Å². The molecule has 0 saturated carbocycles. The Morgan fingerprint density at radius 2 is 1.77 bits per heavy atom. The number of nitrogens with two attached hydrogens (primary N) is 1.